The van der Waals surface area contributed by atoms with Gasteiger partial charge in [-0.3, -0.25) is 10.1 Å². The van der Waals surface area contributed by atoms with Crippen LogP contribution in [0.5, 0.6) is 5.75 Å². The molecule has 0 aliphatic carbocycles. The number of thiocarbonyl (C=S) groups is 1. The van der Waals surface area contributed by atoms with Crippen molar-refractivity contribution in [3.8, 4) is 17.0 Å². The van der Waals surface area contributed by atoms with Crippen molar-refractivity contribution in [2.24, 2.45) is 0 Å². The lowest BCUT2D eigenvalue weighted by Gasteiger charge is -2.09. The van der Waals surface area contributed by atoms with Crippen LogP contribution in [-0.4, -0.2) is 22.6 Å². The van der Waals surface area contributed by atoms with Gasteiger partial charge in [0.15, 0.2) is 16.9 Å². The summed E-state index contributed by atoms with van der Waals surface area (Å²) in [5, 5.41) is 11.2. The fourth-order valence-corrected chi connectivity index (χ4v) is 4.16. The van der Waals surface area contributed by atoms with Crippen molar-refractivity contribution in [2.75, 3.05) is 11.9 Å². The third-order valence-electron chi connectivity index (χ3n) is 4.54. The quantitative estimate of drug-likeness (QED) is 0.362. The second-order valence-corrected chi connectivity index (χ2v) is 8.44. The first-order valence-electron chi connectivity index (χ1n) is 9.43. The molecule has 0 atom stereocenters. The number of rotatable bonds is 5. The number of halogens is 1. The summed E-state index contributed by atoms with van der Waals surface area (Å²) >= 11 is 12.6. The van der Waals surface area contributed by atoms with Gasteiger partial charge in [0.2, 0.25) is 0 Å². The minimum Gasteiger partial charge on any atom is -0.484 e. The molecule has 0 unspecified atom stereocenters. The molecule has 0 aliphatic rings. The van der Waals surface area contributed by atoms with Crippen LogP contribution < -0.4 is 15.4 Å². The molecule has 5 nitrogen and oxygen atoms in total. The number of hydrogen-bond donors (Lipinski definition) is 2. The first-order valence-corrected chi connectivity index (χ1v) is 11.1. The molecule has 0 radical (unpaired) electrons. The highest BCUT2D eigenvalue weighted by Gasteiger charge is 2.11. The molecule has 4 aromatic rings. The Balaban J connectivity index is 1.35. The molecule has 0 saturated carbocycles. The van der Waals surface area contributed by atoms with Crippen molar-refractivity contribution in [1.82, 2.24) is 10.3 Å². The minimum atomic E-state index is -0.365. The summed E-state index contributed by atoms with van der Waals surface area (Å²) in [6.07, 6.45) is 0. The van der Waals surface area contributed by atoms with Crippen LogP contribution in [0, 0.1) is 6.92 Å². The molecule has 156 valence electrons. The molecular formula is C23H18ClN3O2S2. The van der Waals surface area contributed by atoms with Crippen LogP contribution in [0.4, 0.5) is 5.13 Å². The van der Waals surface area contributed by atoms with Crippen LogP contribution in [-0.2, 0) is 4.79 Å². The number of aromatic nitrogens is 1. The number of carbonyl (C=O) groups excluding carboxylic acids is 1. The van der Waals surface area contributed by atoms with E-state index in [0.717, 1.165) is 27.6 Å². The van der Waals surface area contributed by atoms with E-state index in [0.29, 0.717) is 15.9 Å². The molecule has 0 spiro atoms. The molecular weight excluding hydrogens is 450 g/mol. The highest BCUT2D eigenvalue weighted by atomic mass is 35.5. The Kier molecular flexibility index (Phi) is 6.46. The van der Waals surface area contributed by atoms with Crippen LogP contribution in [0.15, 0.2) is 66.0 Å². The standard InChI is InChI=1S/C23H18ClN3O2S2/c1-14-11-16(9-10-19(14)24)29-12-21(28)26-22(30)27-23-25-20(13-31-23)18-8-4-6-15-5-2-3-7-17(15)18/h2-11,13H,12H2,1H3,(H2,25,26,27,28,30). The third kappa shape index (κ3) is 5.19. The zero-order valence-corrected chi connectivity index (χ0v) is 18.9. The van der Waals surface area contributed by atoms with Gasteiger partial charge in [0.05, 0.1) is 5.69 Å². The lowest BCUT2D eigenvalue weighted by Crippen LogP contribution is -2.37. The fourth-order valence-electron chi connectivity index (χ4n) is 3.05. The molecule has 0 fully saturated rings. The monoisotopic (exact) mass is 467 g/mol. The molecule has 1 amide bonds. The van der Waals surface area contributed by atoms with Crippen molar-refractivity contribution >= 4 is 62.1 Å². The molecule has 4 rings (SSSR count). The number of thiazole rings is 1. The number of aryl methyl sites for hydroxylation is 1. The van der Waals surface area contributed by atoms with Gasteiger partial charge in [-0.15, -0.1) is 11.3 Å². The van der Waals surface area contributed by atoms with Gasteiger partial charge < -0.3 is 10.1 Å². The maximum atomic E-state index is 12.1. The van der Waals surface area contributed by atoms with Gasteiger partial charge in [-0.1, -0.05) is 54.1 Å². The van der Waals surface area contributed by atoms with Crippen molar-refractivity contribution in [3.63, 3.8) is 0 Å². The summed E-state index contributed by atoms with van der Waals surface area (Å²) in [6.45, 7) is 1.71. The van der Waals surface area contributed by atoms with Crippen LogP contribution in [0.25, 0.3) is 22.0 Å². The van der Waals surface area contributed by atoms with Gasteiger partial charge in [-0.05, 0) is 53.7 Å². The summed E-state index contributed by atoms with van der Waals surface area (Å²) in [7, 11) is 0. The number of anilines is 1. The summed E-state index contributed by atoms with van der Waals surface area (Å²) in [5.41, 5.74) is 2.77. The summed E-state index contributed by atoms with van der Waals surface area (Å²) in [5.74, 6) is 0.200. The van der Waals surface area contributed by atoms with Gasteiger partial charge in [0, 0.05) is 16.0 Å². The Bertz CT molecular complexity index is 1270. The molecule has 2 N–H and O–H groups in total. The second kappa shape index (κ2) is 9.43. The average Bonchev–Trinajstić information content (AvgIpc) is 3.22. The van der Waals surface area contributed by atoms with E-state index in [2.05, 4.69) is 33.8 Å². The number of amides is 1. The molecule has 3 aromatic carbocycles. The average molecular weight is 468 g/mol. The number of fused-ring (bicyclic) bond motifs is 1. The van der Waals surface area contributed by atoms with E-state index in [1.807, 2.05) is 36.6 Å². The summed E-state index contributed by atoms with van der Waals surface area (Å²) in [6, 6.07) is 19.5. The predicted octanol–water partition coefficient (Wildman–Crippen LogP) is 5.82. The van der Waals surface area contributed by atoms with Gasteiger partial charge in [-0.2, -0.15) is 0 Å². The van der Waals surface area contributed by atoms with Crippen molar-refractivity contribution in [1.29, 1.82) is 0 Å². The topological polar surface area (TPSA) is 63.2 Å². The van der Waals surface area contributed by atoms with Crippen molar-refractivity contribution in [3.05, 3.63) is 76.6 Å². The van der Waals surface area contributed by atoms with Gasteiger partial charge in [0.25, 0.3) is 5.91 Å². The Morgan fingerprint density at radius 3 is 2.81 bits per heavy atom. The molecule has 31 heavy (non-hydrogen) atoms. The van der Waals surface area contributed by atoms with Gasteiger partial charge >= 0.3 is 0 Å². The lowest BCUT2D eigenvalue weighted by molar-refractivity contribution is -0.121. The Morgan fingerprint density at radius 2 is 1.97 bits per heavy atom. The van der Waals surface area contributed by atoms with Gasteiger partial charge in [-0.25, -0.2) is 4.98 Å². The van der Waals surface area contributed by atoms with Crippen LogP contribution in [0.3, 0.4) is 0 Å². The SMILES string of the molecule is Cc1cc(OCC(=O)NC(=S)Nc2nc(-c3cccc4ccccc34)cs2)ccc1Cl. The number of hydrogen-bond acceptors (Lipinski definition) is 5. The number of nitrogens with zero attached hydrogens (tertiary/aromatic N) is 1. The lowest BCUT2D eigenvalue weighted by atomic mass is 10.0. The van der Waals surface area contributed by atoms with Crippen LogP contribution in [0.2, 0.25) is 5.02 Å². The first-order chi connectivity index (χ1) is 15.0. The zero-order chi connectivity index (χ0) is 21.8. The van der Waals surface area contributed by atoms with E-state index >= 15 is 0 Å². The number of nitrogens with one attached hydrogen (secondary N) is 2. The first kappa shape index (κ1) is 21.2. The molecule has 0 aliphatic heterocycles. The van der Waals surface area contributed by atoms with E-state index in [4.69, 9.17) is 28.6 Å². The summed E-state index contributed by atoms with van der Waals surface area (Å²) < 4.78 is 5.49. The largest absolute Gasteiger partial charge is 0.484 e. The van der Waals surface area contributed by atoms with E-state index in [1.165, 1.54) is 11.3 Å². The smallest absolute Gasteiger partial charge is 0.264 e. The Labute approximate surface area is 194 Å². The highest BCUT2D eigenvalue weighted by molar-refractivity contribution is 7.80. The zero-order valence-electron chi connectivity index (χ0n) is 16.5. The van der Waals surface area contributed by atoms with E-state index in [9.17, 15) is 4.79 Å². The van der Waals surface area contributed by atoms with E-state index in [1.54, 1.807) is 18.2 Å². The number of ether oxygens (including phenoxy) is 1. The van der Waals surface area contributed by atoms with E-state index < -0.39 is 0 Å². The van der Waals surface area contributed by atoms with Gasteiger partial charge in [0.1, 0.15) is 5.75 Å². The molecule has 0 bridgehead atoms. The minimum absolute atomic E-state index is 0.165. The maximum Gasteiger partial charge on any atom is 0.264 e. The Hall–Kier alpha value is -3.00. The predicted molar refractivity (Wildman–Crippen MR) is 131 cm³/mol. The van der Waals surface area contributed by atoms with E-state index in [-0.39, 0.29) is 17.6 Å². The molecule has 8 heteroatoms. The normalized spacial score (nSPS) is 10.6. The maximum absolute atomic E-state index is 12.1. The Morgan fingerprint density at radius 1 is 1.16 bits per heavy atom. The fraction of sp³-hybridized carbons (Fsp3) is 0.0870. The number of carbonyl (C=O) groups is 1. The molecule has 0 saturated heterocycles. The van der Waals surface area contributed by atoms with Crippen molar-refractivity contribution in [2.45, 2.75) is 6.92 Å². The number of benzene rings is 3. The van der Waals surface area contributed by atoms with Crippen LogP contribution >= 0.6 is 35.2 Å². The highest BCUT2D eigenvalue weighted by Crippen LogP contribution is 2.30. The molecule has 1 aromatic heterocycles. The molecule has 1 heterocycles. The third-order valence-corrected chi connectivity index (χ3v) is 5.93. The van der Waals surface area contributed by atoms with Crippen molar-refractivity contribution < 1.29 is 9.53 Å². The summed E-state index contributed by atoms with van der Waals surface area (Å²) in [4.78, 5) is 16.7. The van der Waals surface area contributed by atoms with Crippen LogP contribution in [0.1, 0.15) is 5.56 Å². The second-order valence-electron chi connectivity index (χ2n) is 6.77.